The Hall–Kier alpha value is -0.120. The minimum Gasteiger partial charge on any atom is -0.376 e. The Kier molecular flexibility index (Phi) is 51.9. The maximum absolute atomic E-state index is 5.67. The predicted octanol–water partition coefficient (Wildman–Crippen LogP) is 29.1. The van der Waals surface area contributed by atoms with Gasteiger partial charge in [0, 0.05) is 12.1 Å². The van der Waals surface area contributed by atoms with E-state index in [4.69, 9.17) is 9.47 Å². The molecule has 0 aromatic heterocycles. The molecule has 6 aliphatic carbocycles. The van der Waals surface area contributed by atoms with E-state index in [1.54, 1.807) is 0 Å². The number of hydrogen-bond donors (Lipinski definition) is 1. The molecule has 9 aliphatic rings. The number of hydrogen-bond acceptors (Lipinski definition) is 3. The standard InChI is InChI=1S/C10H21N.2C10H20O.4C10H20.2C9H18.CH4/c3*1-7(2)10-5-8(3)11-9(4)6-10;4*1-8(2)10-6-4-5-9(3)7-10;2*1-8(2)9-6-4-3-5-7-9;/h7-11H,5-6H2,1-4H3;2*7-10H,5-6H2,1-4H3;4*8-10H,4-7H2,1-3H3;2*8-9H,3-7H2,1-2H3;1H4/t2*8-,9+,10?;;2*9-,10?;;;;;/m...11...../s1. The zero-order valence-corrected chi connectivity index (χ0v) is 68.1. The van der Waals surface area contributed by atoms with E-state index in [2.05, 4.69) is 199 Å². The fraction of sp³-hybridized carbons (Fsp3) is 1.00. The third-order valence-electron chi connectivity index (χ3n) is 25.0. The first kappa shape index (κ1) is 91.9. The van der Waals surface area contributed by atoms with Crippen LogP contribution in [-0.2, 0) is 9.47 Å². The number of rotatable bonds is 9. The molecule has 16 atom stereocenters. The first-order chi connectivity index (χ1) is 42.7. The second kappa shape index (κ2) is 51.9. The number of piperidine rings is 1. The first-order valence-corrected chi connectivity index (χ1v) is 41.7. The molecular formula is C89H181NO2. The van der Waals surface area contributed by atoms with Gasteiger partial charge in [-0.25, -0.2) is 0 Å². The molecule has 10 unspecified atom stereocenters. The lowest BCUT2D eigenvalue weighted by Gasteiger charge is -2.35. The average molecular weight is 1300 g/mol. The highest BCUT2D eigenvalue weighted by atomic mass is 16.5. The molecule has 3 heterocycles. The Morgan fingerprint density at radius 2 is 0.391 bits per heavy atom. The van der Waals surface area contributed by atoms with Crippen molar-refractivity contribution in [3.05, 3.63) is 0 Å². The van der Waals surface area contributed by atoms with Gasteiger partial charge in [-0.05, 0) is 236 Å². The lowest BCUT2D eigenvalue weighted by Crippen LogP contribution is -2.43. The lowest BCUT2D eigenvalue weighted by atomic mass is 9.77. The second-order valence-electron chi connectivity index (χ2n) is 37.3. The summed E-state index contributed by atoms with van der Waals surface area (Å²) in [5.41, 5.74) is 0. The van der Waals surface area contributed by atoms with Crippen molar-refractivity contribution in [2.75, 3.05) is 0 Å². The Bertz CT molecular complexity index is 1410. The zero-order valence-electron chi connectivity index (χ0n) is 68.1. The van der Waals surface area contributed by atoms with Crippen molar-refractivity contribution in [3.8, 4) is 0 Å². The van der Waals surface area contributed by atoms with Gasteiger partial charge in [-0.2, -0.15) is 0 Å². The topological polar surface area (TPSA) is 30.5 Å². The molecular weight excluding hydrogens is 1110 g/mol. The van der Waals surface area contributed by atoms with Crippen LogP contribution in [0.15, 0.2) is 0 Å². The van der Waals surface area contributed by atoms with Crippen LogP contribution in [0.2, 0.25) is 0 Å². The molecule has 554 valence electrons. The monoisotopic (exact) mass is 1300 g/mol. The van der Waals surface area contributed by atoms with Crippen LogP contribution in [-0.4, -0.2) is 36.5 Å². The summed E-state index contributed by atoms with van der Waals surface area (Å²) >= 11 is 0. The summed E-state index contributed by atoms with van der Waals surface area (Å²) in [6.45, 7) is 65.2. The van der Waals surface area contributed by atoms with E-state index in [-0.39, 0.29) is 7.43 Å². The van der Waals surface area contributed by atoms with E-state index in [0.717, 1.165) is 142 Å². The summed E-state index contributed by atoms with van der Waals surface area (Å²) in [6.07, 6.45) is 48.3. The molecule has 3 aliphatic heterocycles. The van der Waals surface area contributed by atoms with E-state index in [9.17, 15) is 0 Å². The van der Waals surface area contributed by atoms with Crippen LogP contribution in [0.1, 0.15) is 407 Å². The minimum absolute atomic E-state index is 0. The van der Waals surface area contributed by atoms with Gasteiger partial charge in [-0.3, -0.25) is 0 Å². The molecule has 0 bridgehead atoms. The SMILES string of the molecule is C.CC(C)C1CCCCC1.CC(C)C1CCCCC1.CC(C)C1CCC[C@@H](C)C1.CC(C)C1CCC[C@@H](C)C1.CC(C)C1C[C@@H](C)N[C@@H](C)C1.CC(C)C1C[C@@H](C)O[C@@H](C)C1.CC1CC(C(C)C)CC(C)O1.CC1CCCC(C(C)C)C1.CC1CCCC(C(C)C)C1. The van der Waals surface area contributed by atoms with Crippen LogP contribution in [0.3, 0.4) is 0 Å². The molecule has 3 saturated heterocycles. The Balaban J connectivity index is 0.00000101. The highest BCUT2D eigenvalue weighted by molar-refractivity contribution is 4.83. The third-order valence-corrected chi connectivity index (χ3v) is 25.0. The van der Waals surface area contributed by atoms with Gasteiger partial charge in [0.1, 0.15) is 0 Å². The second-order valence-corrected chi connectivity index (χ2v) is 37.3. The molecule has 3 heteroatoms. The van der Waals surface area contributed by atoms with Crippen molar-refractivity contribution in [2.24, 2.45) is 130 Å². The van der Waals surface area contributed by atoms with Gasteiger partial charge in [0.15, 0.2) is 0 Å². The minimum atomic E-state index is 0. The summed E-state index contributed by atoms with van der Waals surface area (Å²) in [5.74, 6) is 21.0. The van der Waals surface area contributed by atoms with Crippen molar-refractivity contribution in [1.82, 2.24) is 5.32 Å². The number of nitrogens with one attached hydrogen (secondary N) is 1. The van der Waals surface area contributed by atoms with Crippen molar-refractivity contribution >= 4 is 0 Å². The van der Waals surface area contributed by atoms with Crippen molar-refractivity contribution in [3.63, 3.8) is 0 Å². The molecule has 0 aromatic rings. The predicted molar refractivity (Wildman–Crippen MR) is 418 cm³/mol. The van der Waals surface area contributed by atoms with Gasteiger partial charge in [0.05, 0.1) is 24.4 Å². The first-order valence-electron chi connectivity index (χ1n) is 41.7. The van der Waals surface area contributed by atoms with E-state index >= 15 is 0 Å². The van der Waals surface area contributed by atoms with Crippen LogP contribution in [0.4, 0.5) is 0 Å². The van der Waals surface area contributed by atoms with E-state index < -0.39 is 0 Å². The molecule has 1 N–H and O–H groups in total. The Morgan fingerprint density at radius 1 is 0.207 bits per heavy atom. The highest BCUT2D eigenvalue weighted by Gasteiger charge is 2.29. The molecule has 6 saturated carbocycles. The van der Waals surface area contributed by atoms with Crippen LogP contribution in [0, 0.1) is 130 Å². The van der Waals surface area contributed by atoms with Crippen molar-refractivity contribution in [1.29, 1.82) is 0 Å². The van der Waals surface area contributed by atoms with Gasteiger partial charge in [-0.15, -0.1) is 0 Å². The van der Waals surface area contributed by atoms with Crippen LogP contribution < -0.4 is 5.32 Å². The molecule has 0 amide bonds. The summed E-state index contributed by atoms with van der Waals surface area (Å²) in [6, 6.07) is 1.46. The van der Waals surface area contributed by atoms with Gasteiger partial charge in [-0.1, -0.05) is 301 Å². The molecule has 9 fully saturated rings. The van der Waals surface area contributed by atoms with Crippen molar-refractivity contribution < 1.29 is 9.47 Å². The summed E-state index contributed by atoms with van der Waals surface area (Å²) in [7, 11) is 0. The molecule has 0 radical (unpaired) electrons. The van der Waals surface area contributed by atoms with E-state index in [1.807, 2.05) is 0 Å². The Morgan fingerprint density at radius 3 is 0.554 bits per heavy atom. The quantitative estimate of drug-likeness (QED) is 0.250. The summed E-state index contributed by atoms with van der Waals surface area (Å²) in [4.78, 5) is 0. The van der Waals surface area contributed by atoms with E-state index in [1.165, 1.54) is 205 Å². The maximum atomic E-state index is 5.67. The smallest absolute Gasteiger partial charge is 0.0553 e. The third kappa shape index (κ3) is 43.4. The molecule has 0 spiro atoms. The average Bonchev–Trinajstić information content (AvgIpc) is 1.56. The zero-order chi connectivity index (χ0) is 68.9. The lowest BCUT2D eigenvalue weighted by molar-refractivity contribution is -0.0607. The van der Waals surface area contributed by atoms with Gasteiger partial charge in [0.25, 0.3) is 0 Å². The summed E-state index contributed by atoms with van der Waals surface area (Å²) in [5, 5.41) is 3.56. The molecule has 0 aromatic carbocycles. The molecule has 3 nitrogen and oxygen atoms in total. The molecule has 9 rings (SSSR count). The van der Waals surface area contributed by atoms with E-state index in [0.29, 0.717) is 24.4 Å². The number of ether oxygens (including phenoxy) is 2. The maximum Gasteiger partial charge on any atom is 0.0553 e. The summed E-state index contributed by atoms with van der Waals surface area (Å²) < 4.78 is 11.3. The fourth-order valence-corrected chi connectivity index (χ4v) is 18.1. The van der Waals surface area contributed by atoms with Crippen LogP contribution >= 0.6 is 0 Å². The highest BCUT2D eigenvalue weighted by Crippen LogP contribution is 2.38. The molecule has 92 heavy (non-hydrogen) atoms. The fourth-order valence-electron chi connectivity index (χ4n) is 18.1. The van der Waals surface area contributed by atoms with Gasteiger partial charge in [0.2, 0.25) is 0 Å². The van der Waals surface area contributed by atoms with Crippen LogP contribution in [0.25, 0.3) is 0 Å². The van der Waals surface area contributed by atoms with Crippen molar-refractivity contribution in [2.45, 2.75) is 443 Å². The largest absolute Gasteiger partial charge is 0.376 e. The van der Waals surface area contributed by atoms with Crippen LogP contribution in [0.5, 0.6) is 0 Å². The Labute approximate surface area is 585 Å². The van der Waals surface area contributed by atoms with Gasteiger partial charge < -0.3 is 14.8 Å². The van der Waals surface area contributed by atoms with Gasteiger partial charge >= 0.3 is 0 Å². The normalized spacial score (nSPS) is 33.8.